The van der Waals surface area contributed by atoms with Crippen LogP contribution in [0.25, 0.3) is 0 Å². The maximum atomic E-state index is 12.6. The highest BCUT2D eigenvalue weighted by Crippen LogP contribution is 2.16. The quantitative estimate of drug-likeness (QED) is 0.309. The molecule has 15 nitrogen and oxygen atoms in total. The van der Waals surface area contributed by atoms with E-state index in [0.29, 0.717) is 11.3 Å². The zero-order valence-corrected chi connectivity index (χ0v) is 22.1. The summed E-state index contributed by atoms with van der Waals surface area (Å²) in [6, 6.07) is 4.96. The van der Waals surface area contributed by atoms with Crippen molar-refractivity contribution in [2.75, 3.05) is 18.4 Å². The fourth-order valence-electron chi connectivity index (χ4n) is 2.30. The number of carbonyl (C=O) groups excluding carboxylic acids is 3. The number of nitrogens with zero attached hydrogens (tertiary/aromatic N) is 3. The number of nitrogens with two attached hydrogens (primary N) is 1. The van der Waals surface area contributed by atoms with E-state index in [9.17, 15) is 31.2 Å². The van der Waals surface area contributed by atoms with Crippen LogP contribution in [0.1, 0.15) is 20.8 Å². The molecule has 0 fully saturated rings. The first-order valence-electron chi connectivity index (χ1n) is 9.98. The van der Waals surface area contributed by atoms with Gasteiger partial charge in [-0.15, -0.1) is 9.50 Å². The molecule has 1 heterocycles. The van der Waals surface area contributed by atoms with Crippen molar-refractivity contribution in [3.05, 3.63) is 29.1 Å². The van der Waals surface area contributed by atoms with Gasteiger partial charge in [-0.05, 0) is 45.0 Å². The van der Waals surface area contributed by atoms with Gasteiger partial charge in [0.1, 0.15) is 12.1 Å². The molecule has 1 aromatic heterocycles. The molecule has 3 amide bonds. The number of sulfonamides is 2. The predicted molar refractivity (Wildman–Crippen MR) is 128 cm³/mol. The largest absolute Gasteiger partial charge is 0.444 e. The van der Waals surface area contributed by atoms with Crippen molar-refractivity contribution in [2.24, 2.45) is 16.6 Å². The number of hydrogen-bond acceptors (Lipinski definition) is 10. The van der Waals surface area contributed by atoms with Gasteiger partial charge in [0, 0.05) is 12.7 Å². The molecule has 0 saturated carbocycles. The first kappa shape index (κ1) is 28.9. The molecule has 198 valence electrons. The number of rotatable bonds is 8. The molecule has 0 atom stereocenters. The highest BCUT2D eigenvalue weighted by atomic mass is 32.2. The first-order chi connectivity index (χ1) is 16.5. The summed E-state index contributed by atoms with van der Waals surface area (Å²) >= 11 is 0.486. The molecular weight excluding hydrogens is 538 g/mol. The van der Waals surface area contributed by atoms with Crippen molar-refractivity contribution in [3.63, 3.8) is 0 Å². The van der Waals surface area contributed by atoms with Crippen LogP contribution in [0, 0.1) is 0 Å². The molecule has 18 heteroatoms. The number of hydrogen-bond donors (Lipinski definition) is 4. The van der Waals surface area contributed by atoms with Gasteiger partial charge in [0.15, 0.2) is 0 Å². The predicted octanol–water partition coefficient (Wildman–Crippen LogP) is -1.00. The zero-order chi connectivity index (χ0) is 27.3. The summed E-state index contributed by atoms with van der Waals surface area (Å²) in [4.78, 5) is 34.9. The van der Waals surface area contributed by atoms with E-state index in [-0.39, 0.29) is 15.4 Å². The third-order valence-electron chi connectivity index (χ3n) is 3.80. The molecule has 1 aromatic carbocycles. The summed E-state index contributed by atoms with van der Waals surface area (Å²) in [5.41, 5.74) is -0.486. The Morgan fingerprint density at radius 2 is 1.64 bits per heavy atom. The van der Waals surface area contributed by atoms with E-state index in [1.54, 1.807) is 20.8 Å². The number of carbonyl (C=O) groups is 3. The van der Waals surface area contributed by atoms with E-state index < -0.39 is 61.0 Å². The summed E-state index contributed by atoms with van der Waals surface area (Å²) in [6.07, 6.45) is -0.780. The van der Waals surface area contributed by atoms with Crippen LogP contribution >= 0.6 is 11.3 Å². The van der Waals surface area contributed by atoms with Crippen LogP contribution in [0.4, 0.5) is 10.5 Å². The highest BCUT2D eigenvalue weighted by Gasteiger charge is 2.19. The van der Waals surface area contributed by atoms with E-state index in [4.69, 9.17) is 9.88 Å². The molecule has 2 rings (SSSR count). The summed E-state index contributed by atoms with van der Waals surface area (Å²) in [7, 11) is -7.05. The average molecular weight is 564 g/mol. The summed E-state index contributed by atoms with van der Waals surface area (Å²) in [5.74, 6) is -1.23. The second kappa shape index (κ2) is 11.1. The second-order valence-electron chi connectivity index (χ2n) is 8.09. The van der Waals surface area contributed by atoms with Crippen LogP contribution in [-0.4, -0.2) is 63.2 Å². The molecular formula is C18H25N7O8S3. The van der Waals surface area contributed by atoms with Gasteiger partial charge in [-0.2, -0.15) is 8.42 Å². The molecule has 0 aliphatic heterocycles. The van der Waals surface area contributed by atoms with Crippen LogP contribution in [-0.2, 0) is 41.4 Å². The minimum atomic E-state index is -4.24. The Balaban J connectivity index is 1.95. The molecule has 0 aliphatic carbocycles. The molecule has 2 aromatic rings. The normalized spacial score (nSPS) is 12.6. The fraction of sp³-hybridized carbons (Fsp3) is 0.389. The van der Waals surface area contributed by atoms with Crippen molar-refractivity contribution < 1.29 is 36.0 Å². The van der Waals surface area contributed by atoms with Crippen molar-refractivity contribution in [1.29, 1.82) is 0 Å². The number of amides is 3. The van der Waals surface area contributed by atoms with Crippen LogP contribution in [0.2, 0.25) is 0 Å². The van der Waals surface area contributed by atoms with Gasteiger partial charge in [0.05, 0.1) is 11.4 Å². The molecule has 0 radical (unpaired) electrons. The van der Waals surface area contributed by atoms with Gasteiger partial charge in [0.2, 0.25) is 21.0 Å². The third kappa shape index (κ3) is 9.02. The molecule has 36 heavy (non-hydrogen) atoms. The SMILES string of the molecule is Cn1nc(S(N)(=O)=O)s/c1=N/S(=O)(=O)c1ccc(NC(=O)CNC(=O)CNC(=O)OC(C)(C)C)cc1. The van der Waals surface area contributed by atoms with Crippen LogP contribution in [0.5, 0.6) is 0 Å². The minimum absolute atomic E-state index is 0.215. The van der Waals surface area contributed by atoms with Crippen LogP contribution in [0.15, 0.2) is 37.9 Å². The van der Waals surface area contributed by atoms with Crippen LogP contribution < -0.4 is 25.9 Å². The Bertz CT molecular complexity index is 1420. The number of benzene rings is 1. The Hall–Kier alpha value is -3.35. The number of aryl methyl sites for hydroxylation is 1. The van der Waals surface area contributed by atoms with Gasteiger partial charge < -0.3 is 20.7 Å². The van der Waals surface area contributed by atoms with Gasteiger partial charge >= 0.3 is 6.09 Å². The Labute approximate surface area is 210 Å². The number of alkyl carbamates (subject to hydrolysis) is 1. The lowest BCUT2D eigenvalue weighted by molar-refractivity contribution is -0.123. The second-order valence-corrected chi connectivity index (χ2v) is 12.4. The average Bonchev–Trinajstić information content (AvgIpc) is 3.10. The van der Waals surface area contributed by atoms with Gasteiger partial charge in [-0.3, -0.25) is 9.59 Å². The number of primary sulfonamides is 1. The van der Waals surface area contributed by atoms with Crippen LogP contribution in [0.3, 0.4) is 0 Å². The highest BCUT2D eigenvalue weighted by molar-refractivity contribution is 7.91. The Kier molecular flexibility index (Phi) is 8.94. The van der Waals surface area contributed by atoms with E-state index in [1.807, 2.05) is 0 Å². The van der Waals surface area contributed by atoms with Gasteiger partial charge in [-0.25, -0.2) is 23.0 Å². The lowest BCUT2D eigenvalue weighted by Crippen LogP contribution is -2.41. The van der Waals surface area contributed by atoms with E-state index >= 15 is 0 Å². The fourth-order valence-corrected chi connectivity index (χ4v) is 5.07. The zero-order valence-electron chi connectivity index (χ0n) is 19.6. The van der Waals surface area contributed by atoms with E-state index in [0.717, 1.165) is 4.68 Å². The molecule has 0 bridgehead atoms. The number of nitrogens with one attached hydrogen (secondary N) is 3. The molecule has 5 N–H and O–H groups in total. The lowest BCUT2D eigenvalue weighted by Gasteiger charge is -2.19. The third-order valence-corrected chi connectivity index (χ3v) is 7.51. The first-order valence-corrected chi connectivity index (χ1v) is 13.8. The maximum absolute atomic E-state index is 12.6. The summed E-state index contributed by atoms with van der Waals surface area (Å²) < 4.78 is 56.9. The van der Waals surface area contributed by atoms with Gasteiger partial charge in [-0.1, -0.05) is 11.3 Å². The molecule has 0 saturated heterocycles. The van der Waals surface area contributed by atoms with Gasteiger partial charge in [0.25, 0.3) is 20.0 Å². The smallest absolute Gasteiger partial charge is 0.408 e. The topological polar surface area (TPSA) is 221 Å². The Morgan fingerprint density at radius 1 is 1.06 bits per heavy atom. The number of ether oxygens (including phenoxy) is 1. The minimum Gasteiger partial charge on any atom is -0.444 e. The van der Waals surface area contributed by atoms with Crippen molar-refractivity contribution in [3.8, 4) is 0 Å². The van der Waals surface area contributed by atoms with Crippen molar-refractivity contribution in [1.82, 2.24) is 20.4 Å². The maximum Gasteiger partial charge on any atom is 0.408 e. The number of aromatic nitrogens is 2. The number of anilines is 1. The van der Waals surface area contributed by atoms with Crippen molar-refractivity contribution >= 4 is 55.0 Å². The monoisotopic (exact) mass is 563 g/mol. The van der Waals surface area contributed by atoms with Crippen molar-refractivity contribution in [2.45, 2.75) is 35.6 Å². The Morgan fingerprint density at radius 3 is 2.17 bits per heavy atom. The van der Waals surface area contributed by atoms with E-state index in [1.165, 1.54) is 31.3 Å². The lowest BCUT2D eigenvalue weighted by atomic mass is 10.2. The molecule has 0 unspecified atom stereocenters. The molecule has 0 aliphatic rings. The standard InChI is InChI=1S/C18H25N7O8S3/c1-18(2,3)33-16(28)21-9-13(26)20-10-14(27)22-11-5-7-12(8-6-11)36(31,32)24-15-25(4)23-17(34-15)35(19,29)30/h5-8H,9-10H2,1-4H3,(H,20,26)(H,21,28)(H,22,27)(H2,19,29,30)/b24-15+. The van der Waals surface area contributed by atoms with E-state index in [2.05, 4.69) is 25.4 Å². The summed E-state index contributed by atoms with van der Waals surface area (Å²) in [5, 5.41) is 15.7. The molecule has 0 spiro atoms. The summed E-state index contributed by atoms with van der Waals surface area (Å²) in [6.45, 7) is 4.21.